The highest BCUT2D eigenvalue weighted by Gasteiger charge is 2.25. The fourth-order valence-corrected chi connectivity index (χ4v) is 2.95. The Hall–Kier alpha value is -3.82. The van der Waals surface area contributed by atoms with Crippen LogP contribution in [0.4, 0.5) is 10.1 Å². The Morgan fingerprint density at radius 1 is 1.25 bits per heavy atom. The van der Waals surface area contributed by atoms with Gasteiger partial charge in [-0.2, -0.15) is 0 Å². The summed E-state index contributed by atoms with van der Waals surface area (Å²) in [6.45, 7) is 5.03. The number of anilines is 1. The van der Waals surface area contributed by atoms with Crippen molar-refractivity contribution in [3.8, 4) is 0 Å². The maximum Gasteiger partial charge on any atom is 0.341 e. The molecular weight excluding hydrogens is 417 g/mol. The molecule has 2 aromatic heterocycles. The van der Waals surface area contributed by atoms with Crippen molar-refractivity contribution in [3.63, 3.8) is 0 Å². The Morgan fingerprint density at radius 3 is 2.59 bits per heavy atom. The standard InChI is InChI=1S/C22H24FN5O4/c1-22(2,3)21(30)32-11-28-10-14(20(29)31-5)18-19(28)26-9-16(27-18)17(24)13-7-6-12(23)8-15(13)25-4/h6-10,24-25H,11H2,1-5H3. The van der Waals surface area contributed by atoms with Crippen LogP contribution in [0.2, 0.25) is 0 Å². The van der Waals surface area contributed by atoms with Crippen molar-refractivity contribution in [2.24, 2.45) is 5.41 Å². The van der Waals surface area contributed by atoms with E-state index in [0.29, 0.717) is 11.3 Å². The second kappa shape index (κ2) is 8.74. The molecule has 2 heterocycles. The van der Waals surface area contributed by atoms with E-state index in [-0.39, 0.29) is 34.9 Å². The topological polar surface area (TPSA) is 119 Å². The number of rotatable bonds is 6. The molecule has 0 aliphatic carbocycles. The molecule has 0 spiro atoms. The zero-order valence-corrected chi connectivity index (χ0v) is 18.4. The Morgan fingerprint density at radius 2 is 1.97 bits per heavy atom. The molecule has 3 aromatic rings. The molecule has 3 rings (SSSR count). The second-order valence-corrected chi connectivity index (χ2v) is 8.06. The molecule has 9 nitrogen and oxygen atoms in total. The molecule has 0 aliphatic rings. The van der Waals surface area contributed by atoms with Crippen LogP contribution in [-0.4, -0.2) is 46.3 Å². The van der Waals surface area contributed by atoms with Crippen molar-refractivity contribution in [2.75, 3.05) is 19.5 Å². The number of nitrogens with zero attached hydrogens (tertiary/aromatic N) is 3. The molecule has 0 saturated heterocycles. The smallest absolute Gasteiger partial charge is 0.341 e. The highest BCUT2D eigenvalue weighted by atomic mass is 19.1. The second-order valence-electron chi connectivity index (χ2n) is 8.06. The van der Waals surface area contributed by atoms with Gasteiger partial charge in [-0.15, -0.1) is 0 Å². The van der Waals surface area contributed by atoms with E-state index in [1.165, 1.54) is 42.3 Å². The number of ether oxygens (including phenoxy) is 2. The first kappa shape index (κ1) is 22.9. The zero-order chi connectivity index (χ0) is 23.6. The van der Waals surface area contributed by atoms with E-state index in [1.807, 2.05) is 0 Å². The Kier molecular flexibility index (Phi) is 6.24. The predicted octanol–water partition coefficient (Wildman–Crippen LogP) is 3.36. The molecule has 32 heavy (non-hydrogen) atoms. The average molecular weight is 441 g/mol. The maximum absolute atomic E-state index is 13.6. The summed E-state index contributed by atoms with van der Waals surface area (Å²) in [5.74, 6) is -1.50. The van der Waals surface area contributed by atoms with E-state index in [2.05, 4.69) is 15.3 Å². The number of halogens is 1. The number of methoxy groups -OCH3 is 1. The van der Waals surface area contributed by atoms with Crippen molar-refractivity contribution in [1.82, 2.24) is 14.5 Å². The number of esters is 2. The number of benzene rings is 1. The number of nitrogens with one attached hydrogen (secondary N) is 2. The molecule has 168 valence electrons. The van der Waals surface area contributed by atoms with Crippen LogP contribution in [0.15, 0.2) is 30.6 Å². The highest BCUT2D eigenvalue weighted by molar-refractivity contribution is 6.13. The van der Waals surface area contributed by atoms with Crippen LogP contribution in [0.25, 0.3) is 11.2 Å². The largest absolute Gasteiger partial charge is 0.465 e. The summed E-state index contributed by atoms with van der Waals surface area (Å²) in [6, 6.07) is 3.99. The number of carbonyl (C=O) groups excluding carboxylic acids is 2. The lowest BCUT2D eigenvalue weighted by atomic mass is 9.98. The molecule has 0 atom stereocenters. The lowest BCUT2D eigenvalue weighted by molar-refractivity contribution is -0.156. The van der Waals surface area contributed by atoms with E-state index in [1.54, 1.807) is 27.8 Å². The Balaban J connectivity index is 2.04. The minimum Gasteiger partial charge on any atom is -0.465 e. The third-order valence-corrected chi connectivity index (χ3v) is 4.69. The van der Waals surface area contributed by atoms with Crippen LogP contribution in [0.3, 0.4) is 0 Å². The quantitative estimate of drug-likeness (QED) is 0.445. The summed E-state index contributed by atoms with van der Waals surface area (Å²) in [4.78, 5) is 33.2. The normalized spacial score (nSPS) is 11.3. The van der Waals surface area contributed by atoms with Gasteiger partial charge in [0.25, 0.3) is 0 Å². The Labute approximate surface area is 184 Å². The van der Waals surface area contributed by atoms with Gasteiger partial charge in [0.15, 0.2) is 12.4 Å². The maximum atomic E-state index is 13.6. The molecule has 10 heteroatoms. The molecule has 0 amide bonds. The molecule has 0 fully saturated rings. The summed E-state index contributed by atoms with van der Waals surface area (Å²) in [5, 5.41) is 11.4. The van der Waals surface area contributed by atoms with Gasteiger partial charge in [0.2, 0.25) is 0 Å². The highest BCUT2D eigenvalue weighted by Crippen LogP contribution is 2.24. The number of hydrogen-bond donors (Lipinski definition) is 2. The number of hydrogen-bond acceptors (Lipinski definition) is 8. The van der Waals surface area contributed by atoms with E-state index in [0.717, 1.165) is 0 Å². The van der Waals surface area contributed by atoms with Crippen LogP contribution >= 0.6 is 0 Å². The Bertz CT molecular complexity index is 1210. The summed E-state index contributed by atoms with van der Waals surface area (Å²) in [7, 11) is 2.86. The van der Waals surface area contributed by atoms with E-state index in [9.17, 15) is 14.0 Å². The van der Waals surface area contributed by atoms with E-state index >= 15 is 0 Å². The minimum atomic E-state index is -0.692. The number of carbonyl (C=O) groups is 2. The first-order valence-corrected chi connectivity index (χ1v) is 9.74. The van der Waals surface area contributed by atoms with Crippen molar-refractivity contribution in [2.45, 2.75) is 27.5 Å². The number of aromatic nitrogens is 3. The lowest BCUT2D eigenvalue weighted by Gasteiger charge is -2.17. The monoisotopic (exact) mass is 441 g/mol. The molecule has 0 radical (unpaired) electrons. The summed E-state index contributed by atoms with van der Waals surface area (Å²) in [5.41, 5.74) is 0.904. The molecule has 2 N–H and O–H groups in total. The summed E-state index contributed by atoms with van der Waals surface area (Å²) >= 11 is 0. The van der Waals surface area contributed by atoms with Crippen molar-refractivity contribution >= 4 is 34.5 Å². The van der Waals surface area contributed by atoms with Gasteiger partial charge in [0.1, 0.15) is 22.6 Å². The molecule has 0 saturated carbocycles. The van der Waals surface area contributed by atoms with Gasteiger partial charge < -0.3 is 14.8 Å². The van der Waals surface area contributed by atoms with Crippen LogP contribution in [-0.2, 0) is 21.0 Å². The third-order valence-electron chi connectivity index (χ3n) is 4.69. The van der Waals surface area contributed by atoms with Crippen LogP contribution in [0, 0.1) is 16.6 Å². The summed E-state index contributed by atoms with van der Waals surface area (Å²) < 4.78 is 25.2. The minimum absolute atomic E-state index is 0.00789. The van der Waals surface area contributed by atoms with Crippen LogP contribution < -0.4 is 5.32 Å². The first-order chi connectivity index (χ1) is 15.1. The molecule has 0 unspecified atom stereocenters. The van der Waals surface area contributed by atoms with Gasteiger partial charge in [-0.3, -0.25) is 14.8 Å². The fourth-order valence-electron chi connectivity index (χ4n) is 2.95. The molecule has 0 aliphatic heterocycles. The average Bonchev–Trinajstić information content (AvgIpc) is 3.13. The molecule has 0 bridgehead atoms. The van der Waals surface area contributed by atoms with Gasteiger partial charge in [-0.05, 0) is 39.0 Å². The van der Waals surface area contributed by atoms with Crippen molar-refractivity contribution in [3.05, 3.63) is 53.2 Å². The predicted molar refractivity (Wildman–Crippen MR) is 116 cm³/mol. The number of fused-ring (bicyclic) bond motifs is 1. The third kappa shape index (κ3) is 4.43. The fraction of sp³-hybridized carbons (Fsp3) is 0.318. The van der Waals surface area contributed by atoms with Crippen molar-refractivity contribution in [1.29, 1.82) is 5.41 Å². The lowest BCUT2D eigenvalue weighted by Crippen LogP contribution is -2.24. The van der Waals surface area contributed by atoms with Gasteiger partial charge in [-0.1, -0.05) is 0 Å². The zero-order valence-electron chi connectivity index (χ0n) is 18.4. The molecule has 1 aromatic carbocycles. The van der Waals surface area contributed by atoms with E-state index in [4.69, 9.17) is 14.9 Å². The SMILES string of the molecule is CNc1cc(F)ccc1C(=N)c1cnc2c(n1)c(C(=O)OC)cn2COC(=O)C(C)(C)C. The summed E-state index contributed by atoms with van der Waals surface area (Å²) in [6.07, 6.45) is 2.81. The van der Waals surface area contributed by atoms with Crippen molar-refractivity contribution < 1.29 is 23.5 Å². The van der Waals surface area contributed by atoms with Crippen LogP contribution in [0.5, 0.6) is 0 Å². The van der Waals surface area contributed by atoms with Gasteiger partial charge >= 0.3 is 11.9 Å². The first-order valence-electron chi connectivity index (χ1n) is 9.74. The van der Waals surface area contributed by atoms with E-state index < -0.39 is 23.2 Å². The van der Waals surface area contributed by atoms with Gasteiger partial charge in [-0.25, -0.2) is 19.2 Å². The molecular formula is C22H24FN5O4. The van der Waals surface area contributed by atoms with Gasteiger partial charge in [0.05, 0.1) is 24.4 Å². The van der Waals surface area contributed by atoms with Crippen LogP contribution in [0.1, 0.15) is 42.4 Å². The van der Waals surface area contributed by atoms with Gasteiger partial charge in [0, 0.05) is 24.5 Å².